The number of amides is 1. The number of likely N-dealkylation sites (N-methyl/N-ethyl adjacent to an activating group) is 2. The smallest absolute Gasteiger partial charge is 0.237 e. The van der Waals surface area contributed by atoms with Crippen molar-refractivity contribution in [1.29, 1.82) is 0 Å². The zero-order chi connectivity index (χ0) is 12.8. The Morgan fingerprint density at radius 2 is 2.12 bits per heavy atom. The summed E-state index contributed by atoms with van der Waals surface area (Å²) in [6.45, 7) is 7.94. The lowest BCUT2D eigenvalue weighted by Crippen LogP contribution is -2.57. The number of piperidine rings is 1. The summed E-state index contributed by atoms with van der Waals surface area (Å²) < 4.78 is 0. The van der Waals surface area contributed by atoms with Crippen molar-refractivity contribution in [3.8, 4) is 0 Å². The third kappa shape index (κ3) is 3.68. The summed E-state index contributed by atoms with van der Waals surface area (Å²) in [5, 5.41) is 6.24. The van der Waals surface area contributed by atoms with E-state index in [-0.39, 0.29) is 11.9 Å². The quantitative estimate of drug-likeness (QED) is 0.754. The summed E-state index contributed by atoms with van der Waals surface area (Å²) in [5.74, 6) is 0.155. The van der Waals surface area contributed by atoms with Gasteiger partial charge in [0.05, 0.1) is 6.04 Å². The lowest BCUT2D eigenvalue weighted by molar-refractivity contribution is -0.127. The third-order valence-electron chi connectivity index (χ3n) is 3.85. The lowest BCUT2D eigenvalue weighted by Gasteiger charge is -2.42. The molecule has 1 aliphatic heterocycles. The Morgan fingerprint density at radius 3 is 2.71 bits per heavy atom. The largest absolute Gasteiger partial charge is 0.355 e. The van der Waals surface area contributed by atoms with Gasteiger partial charge in [-0.25, -0.2) is 0 Å². The minimum absolute atomic E-state index is 0.0175. The highest BCUT2D eigenvalue weighted by molar-refractivity contribution is 5.81. The summed E-state index contributed by atoms with van der Waals surface area (Å²) >= 11 is 0. The predicted molar refractivity (Wildman–Crippen MR) is 71.0 cm³/mol. The van der Waals surface area contributed by atoms with Gasteiger partial charge in [-0.05, 0) is 47.2 Å². The summed E-state index contributed by atoms with van der Waals surface area (Å²) in [6.07, 6.45) is 3.66. The summed E-state index contributed by atoms with van der Waals surface area (Å²) in [5.41, 5.74) is 0. The van der Waals surface area contributed by atoms with Crippen LogP contribution in [0.5, 0.6) is 0 Å². The van der Waals surface area contributed by atoms with Crippen molar-refractivity contribution < 1.29 is 4.79 Å². The Kier molecular flexibility index (Phi) is 5.92. The van der Waals surface area contributed by atoms with E-state index in [1.807, 2.05) is 20.9 Å². The Labute approximate surface area is 105 Å². The van der Waals surface area contributed by atoms with Gasteiger partial charge in [0.2, 0.25) is 5.91 Å². The van der Waals surface area contributed by atoms with E-state index in [2.05, 4.69) is 22.5 Å². The van der Waals surface area contributed by atoms with Crippen LogP contribution in [0.25, 0.3) is 0 Å². The fourth-order valence-corrected chi connectivity index (χ4v) is 2.66. The lowest BCUT2D eigenvalue weighted by atomic mass is 9.94. The van der Waals surface area contributed by atoms with Gasteiger partial charge in [-0.1, -0.05) is 6.42 Å². The van der Waals surface area contributed by atoms with E-state index in [1.54, 1.807) is 0 Å². The molecule has 0 aromatic heterocycles. The van der Waals surface area contributed by atoms with Gasteiger partial charge < -0.3 is 10.6 Å². The molecule has 1 saturated heterocycles. The van der Waals surface area contributed by atoms with Crippen LogP contribution in [0.15, 0.2) is 0 Å². The topological polar surface area (TPSA) is 44.4 Å². The molecule has 0 aliphatic carbocycles. The number of nitrogens with zero attached hydrogens (tertiary/aromatic N) is 1. The first-order chi connectivity index (χ1) is 8.11. The molecular weight excluding hydrogens is 214 g/mol. The molecule has 3 unspecified atom stereocenters. The maximum atomic E-state index is 11.9. The van der Waals surface area contributed by atoms with Gasteiger partial charge in [-0.15, -0.1) is 0 Å². The molecule has 0 aromatic carbocycles. The van der Waals surface area contributed by atoms with Crippen molar-refractivity contribution in [3.05, 3.63) is 0 Å². The van der Waals surface area contributed by atoms with E-state index in [9.17, 15) is 4.79 Å². The highest BCUT2D eigenvalue weighted by Crippen LogP contribution is 2.22. The van der Waals surface area contributed by atoms with Crippen LogP contribution in [0.4, 0.5) is 0 Å². The summed E-state index contributed by atoms with van der Waals surface area (Å²) in [7, 11) is 1.99. The van der Waals surface area contributed by atoms with Crippen LogP contribution >= 0.6 is 0 Å². The first-order valence-corrected chi connectivity index (χ1v) is 6.82. The Bertz CT molecular complexity index is 245. The van der Waals surface area contributed by atoms with E-state index in [1.165, 1.54) is 19.3 Å². The van der Waals surface area contributed by atoms with Crippen LogP contribution in [0, 0.1) is 0 Å². The molecular formula is C13H27N3O. The molecule has 2 N–H and O–H groups in total. The second-order valence-electron chi connectivity index (χ2n) is 4.95. The van der Waals surface area contributed by atoms with E-state index >= 15 is 0 Å². The third-order valence-corrected chi connectivity index (χ3v) is 3.85. The molecule has 100 valence electrons. The fourth-order valence-electron chi connectivity index (χ4n) is 2.66. The van der Waals surface area contributed by atoms with E-state index < -0.39 is 0 Å². The van der Waals surface area contributed by atoms with Crippen LogP contribution in [-0.4, -0.2) is 49.1 Å². The van der Waals surface area contributed by atoms with Crippen molar-refractivity contribution >= 4 is 5.91 Å². The molecule has 0 aromatic rings. The van der Waals surface area contributed by atoms with Crippen LogP contribution in [0.3, 0.4) is 0 Å². The Balaban J connectivity index is 2.66. The molecule has 3 atom stereocenters. The monoisotopic (exact) mass is 241 g/mol. The molecule has 1 heterocycles. The molecule has 1 amide bonds. The van der Waals surface area contributed by atoms with Crippen LogP contribution in [0.1, 0.15) is 40.0 Å². The van der Waals surface area contributed by atoms with Gasteiger partial charge in [0.1, 0.15) is 0 Å². The molecule has 0 radical (unpaired) electrons. The van der Waals surface area contributed by atoms with E-state index in [0.717, 1.165) is 6.54 Å². The number of carbonyl (C=O) groups excluding carboxylic acids is 1. The van der Waals surface area contributed by atoms with Gasteiger partial charge >= 0.3 is 0 Å². The van der Waals surface area contributed by atoms with E-state index in [4.69, 9.17) is 0 Å². The maximum absolute atomic E-state index is 11.9. The normalized spacial score (nSPS) is 25.3. The molecule has 4 heteroatoms. The van der Waals surface area contributed by atoms with Gasteiger partial charge in [-0.2, -0.15) is 0 Å². The van der Waals surface area contributed by atoms with Crippen molar-refractivity contribution in [3.63, 3.8) is 0 Å². The number of rotatable bonds is 5. The Morgan fingerprint density at radius 1 is 1.41 bits per heavy atom. The minimum Gasteiger partial charge on any atom is -0.355 e. The highest BCUT2D eigenvalue weighted by Gasteiger charge is 2.32. The second kappa shape index (κ2) is 6.97. The van der Waals surface area contributed by atoms with Crippen molar-refractivity contribution in [2.24, 2.45) is 0 Å². The van der Waals surface area contributed by atoms with Crippen LogP contribution in [-0.2, 0) is 4.79 Å². The average molecular weight is 241 g/mol. The number of nitrogens with one attached hydrogen (secondary N) is 2. The first kappa shape index (κ1) is 14.5. The minimum atomic E-state index is -0.0175. The van der Waals surface area contributed by atoms with Gasteiger partial charge in [0.15, 0.2) is 0 Å². The molecule has 1 fully saturated rings. The second-order valence-corrected chi connectivity index (χ2v) is 4.95. The number of hydrogen-bond acceptors (Lipinski definition) is 3. The summed E-state index contributed by atoms with van der Waals surface area (Å²) in [6, 6.07) is 0.898. The predicted octanol–water partition coefficient (Wildman–Crippen LogP) is 0.973. The molecule has 1 rings (SSSR count). The Hall–Kier alpha value is -0.610. The zero-order valence-electron chi connectivity index (χ0n) is 11.6. The molecule has 0 bridgehead atoms. The number of carbonyl (C=O) groups is 1. The van der Waals surface area contributed by atoms with Crippen LogP contribution in [0.2, 0.25) is 0 Å². The number of hydrogen-bond donors (Lipinski definition) is 2. The molecule has 0 saturated carbocycles. The SMILES string of the molecule is CCNC(=O)C(C)N1CCCCC1C(C)NC. The first-order valence-electron chi connectivity index (χ1n) is 6.82. The molecule has 1 aliphatic rings. The number of likely N-dealkylation sites (tertiary alicyclic amines) is 1. The van der Waals surface area contributed by atoms with Crippen molar-refractivity contribution in [2.45, 2.75) is 58.2 Å². The van der Waals surface area contributed by atoms with Gasteiger partial charge in [0.25, 0.3) is 0 Å². The fraction of sp³-hybridized carbons (Fsp3) is 0.923. The van der Waals surface area contributed by atoms with Crippen molar-refractivity contribution in [1.82, 2.24) is 15.5 Å². The molecule has 17 heavy (non-hydrogen) atoms. The molecule has 0 spiro atoms. The zero-order valence-corrected chi connectivity index (χ0v) is 11.6. The average Bonchev–Trinajstić information content (AvgIpc) is 2.37. The van der Waals surface area contributed by atoms with Crippen molar-refractivity contribution in [2.75, 3.05) is 20.1 Å². The van der Waals surface area contributed by atoms with Crippen LogP contribution < -0.4 is 10.6 Å². The maximum Gasteiger partial charge on any atom is 0.237 e. The highest BCUT2D eigenvalue weighted by atomic mass is 16.2. The standard InChI is InChI=1S/C13H27N3O/c1-5-15-13(17)11(3)16-9-7-6-8-12(16)10(2)14-4/h10-12,14H,5-9H2,1-4H3,(H,15,17). The van der Waals surface area contributed by atoms with E-state index in [0.29, 0.717) is 18.6 Å². The summed E-state index contributed by atoms with van der Waals surface area (Å²) in [4.78, 5) is 14.3. The van der Waals surface area contributed by atoms with Gasteiger partial charge in [0, 0.05) is 18.6 Å². The molecule has 4 nitrogen and oxygen atoms in total. The van der Waals surface area contributed by atoms with Gasteiger partial charge in [-0.3, -0.25) is 9.69 Å².